The van der Waals surface area contributed by atoms with Crippen LogP contribution in [0.2, 0.25) is 5.02 Å². The molecule has 1 rings (SSSR count). The van der Waals surface area contributed by atoms with Crippen LogP contribution in [0.1, 0.15) is 17.3 Å². The maximum absolute atomic E-state index is 11.3. The minimum Gasteiger partial charge on any atom is -0.462 e. The number of primary sulfonamides is 1. The molecule has 0 aliphatic carbocycles. The van der Waals surface area contributed by atoms with E-state index in [-0.39, 0.29) is 22.1 Å². The first-order chi connectivity index (χ1) is 7.36. The largest absolute Gasteiger partial charge is 0.462 e. The van der Waals surface area contributed by atoms with Crippen molar-refractivity contribution in [1.29, 1.82) is 0 Å². The van der Waals surface area contributed by atoms with Crippen LogP contribution in [-0.2, 0) is 14.8 Å². The molecule has 2 N–H and O–H groups in total. The average Bonchev–Trinajstić information content (AvgIpc) is 2.16. The van der Waals surface area contributed by atoms with Gasteiger partial charge in [-0.25, -0.2) is 18.4 Å². The Morgan fingerprint density at radius 2 is 2.12 bits per heavy atom. The van der Waals surface area contributed by atoms with Gasteiger partial charge in [0.2, 0.25) is 10.0 Å². The fraction of sp³-hybridized carbons (Fsp3) is 0.222. The standard InChI is InChI=1S/C9H10ClNO4S/c1-2-15-9(12)6-3-4-8(7(10)5-6)16(11,13)14/h3-5H,2H2,1H3,(H2,11,13,14). The maximum Gasteiger partial charge on any atom is 0.338 e. The van der Waals surface area contributed by atoms with Crippen molar-refractivity contribution in [2.45, 2.75) is 11.8 Å². The van der Waals surface area contributed by atoms with Crippen molar-refractivity contribution in [3.05, 3.63) is 28.8 Å². The molecule has 0 aliphatic heterocycles. The number of carbonyl (C=O) groups is 1. The number of rotatable bonds is 3. The Morgan fingerprint density at radius 1 is 1.50 bits per heavy atom. The molecule has 0 spiro atoms. The van der Waals surface area contributed by atoms with Gasteiger partial charge >= 0.3 is 5.97 Å². The lowest BCUT2D eigenvalue weighted by Gasteiger charge is -2.05. The van der Waals surface area contributed by atoms with E-state index in [4.69, 9.17) is 21.5 Å². The predicted octanol–water partition coefficient (Wildman–Crippen LogP) is 1.16. The molecule has 0 bridgehead atoms. The first kappa shape index (κ1) is 13.0. The Balaban J connectivity index is 3.14. The zero-order valence-corrected chi connectivity index (χ0v) is 10.0. The summed E-state index contributed by atoms with van der Waals surface area (Å²) in [4.78, 5) is 11.1. The van der Waals surface area contributed by atoms with Gasteiger partial charge in [-0.2, -0.15) is 0 Å². The fourth-order valence-electron chi connectivity index (χ4n) is 1.07. The summed E-state index contributed by atoms with van der Waals surface area (Å²) in [6, 6.07) is 3.67. The van der Waals surface area contributed by atoms with E-state index in [9.17, 15) is 13.2 Å². The number of sulfonamides is 1. The van der Waals surface area contributed by atoms with Crippen molar-refractivity contribution in [2.24, 2.45) is 5.14 Å². The van der Waals surface area contributed by atoms with Gasteiger partial charge in [-0.3, -0.25) is 0 Å². The van der Waals surface area contributed by atoms with Crippen LogP contribution in [0.5, 0.6) is 0 Å². The lowest BCUT2D eigenvalue weighted by Crippen LogP contribution is -2.13. The van der Waals surface area contributed by atoms with E-state index in [1.165, 1.54) is 18.2 Å². The van der Waals surface area contributed by atoms with Crippen LogP contribution in [0.25, 0.3) is 0 Å². The molecule has 0 atom stereocenters. The SMILES string of the molecule is CCOC(=O)c1ccc(S(N)(=O)=O)c(Cl)c1. The molecule has 16 heavy (non-hydrogen) atoms. The minimum atomic E-state index is -3.87. The summed E-state index contributed by atoms with van der Waals surface area (Å²) in [5, 5.41) is 4.81. The summed E-state index contributed by atoms with van der Waals surface area (Å²) < 4.78 is 26.8. The molecule has 0 aliphatic rings. The van der Waals surface area contributed by atoms with Crippen molar-refractivity contribution in [3.8, 4) is 0 Å². The fourth-order valence-corrected chi connectivity index (χ4v) is 2.16. The predicted molar refractivity (Wildman–Crippen MR) is 58.8 cm³/mol. The molecule has 0 saturated carbocycles. The van der Waals surface area contributed by atoms with E-state index in [1.54, 1.807) is 6.92 Å². The molecular weight excluding hydrogens is 254 g/mol. The van der Waals surface area contributed by atoms with Gasteiger partial charge in [0.15, 0.2) is 0 Å². The van der Waals surface area contributed by atoms with Crippen LogP contribution in [0.3, 0.4) is 0 Å². The van der Waals surface area contributed by atoms with Crippen LogP contribution in [0.15, 0.2) is 23.1 Å². The number of hydrogen-bond donors (Lipinski definition) is 1. The molecule has 0 heterocycles. The van der Waals surface area contributed by atoms with Gasteiger partial charge in [0, 0.05) is 0 Å². The van der Waals surface area contributed by atoms with Crippen molar-refractivity contribution in [3.63, 3.8) is 0 Å². The number of hydrogen-bond acceptors (Lipinski definition) is 4. The normalized spacial score (nSPS) is 11.2. The van der Waals surface area contributed by atoms with E-state index in [2.05, 4.69) is 0 Å². The van der Waals surface area contributed by atoms with Crippen LogP contribution >= 0.6 is 11.6 Å². The first-order valence-corrected chi connectivity index (χ1v) is 6.28. The van der Waals surface area contributed by atoms with Gasteiger partial charge in [0.1, 0.15) is 4.90 Å². The van der Waals surface area contributed by atoms with Gasteiger partial charge in [-0.05, 0) is 25.1 Å². The highest BCUT2D eigenvalue weighted by molar-refractivity contribution is 7.89. The molecule has 0 fully saturated rings. The molecule has 7 heteroatoms. The summed E-state index contributed by atoms with van der Waals surface area (Å²) in [7, 11) is -3.87. The summed E-state index contributed by atoms with van der Waals surface area (Å²) in [6.45, 7) is 1.89. The Labute approximate surface area is 98.2 Å². The van der Waals surface area contributed by atoms with Crippen molar-refractivity contribution >= 4 is 27.6 Å². The third-order valence-electron chi connectivity index (χ3n) is 1.75. The summed E-state index contributed by atoms with van der Waals surface area (Å²) >= 11 is 5.69. The summed E-state index contributed by atoms with van der Waals surface area (Å²) in [5.41, 5.74) is 0.180. The molecular formula is C9H10ClNO4S. The zero-order chi connectivity index (χ0) is 12.3. The number of esters is 1. The highest BCUT2D eigenvalue weighted by Crippen LogP contribution is 2.21. The smallest absolute Gasteiger partial charge is 0.338 e. The van der Waals surface area contributed by atoms with Gasteiger partial charge in [0.05, 0.1) is 17.2 Å². The van der Waals surface area contributed by atoms with E-state index >= 15 is 0 Å². The van der Waals surface area contributed by atoms with Gasteiger partial charge in [-0.1, -0.05) is 11.6 Å². The Kier molecular flexibility index (Phi) is 3.90. The number of ether oxygens (including phenoxy) is 1. The molecule has 0 saturated heterocycles. The number of carbonyl (C=O) groups excluding carboxylic acids is 1. The van der Waals surface area contributed by atoms with Crippen LogP contribution in [-0.4, -0.2) is 21.0 Å². The second kappa shape index (κ2) is 4.82. The summed E-state index contributed by atoms with van der Waals surface area (Å²) in [5.74, 6) is -0.564. The van der Waals surface area contributed by atoms with E-state index in [0.717, 1.165) is 0 Å². The van der Waals surface area contributed by atoms with Gasteiger partial charge in [0.25, 0.3) is 0 Å². The highest BCUT2D eigenvalue weighted by Gasteiger charge is 2.15. The Hall–Kier alpha value is -1.11. The summed E-state index contributed by atoms with van der Waals surface area (Å²) in [6.07, 6.45) is 0. The lowest BCUT2D eigenvalue weighted by molar-refractivity contribution is 0.0526. The van der Waals surface area contributed by atoms with Crippen LogP contribution in [0.4, 0.5) is 0 Å². The lowest BCUT2D eigenvalue weighted by atomic mass is 10.2. The quantitative estimate of drug-likeness (QED) is 0.829. The molecule has 5 nitrogen and oxygen atoms in total. The topological polar surface area (TPSA) is 86.5 Å². The van der Waals surface area contributed by atoms with Gasteiger partial charge < -0.3 is 4.74 Å². The molecule has 0 radical (unpaired) electrons. The van der Waals surface area contributed by atoms with E-state index < -0.39 is 16.0 Å². The Morgan fingerprint density at radius 3 is 2.56 bits per heavy atom. The second-order valence-corrected chi connectivity index (χ2v) is 4.85. The number of halogens is 1. The van der Waals surface area contributed by atoms with Crippen molar-refractivity contribution in [2.75, 3.05) is 6.61 Å². The van der Waals surface area contributed by atoms with Crippen LogP contribution in [0, 0.1) is 0 Å². The molecule has 0 unspecified atom stereocenters. The van der Waals surface area contributed by atoms with Crippen molar-refractivity contribution < 1.29 is 17.9 Å². The number of benzene rings is 1. The third kappa shape index (κ3) is 2.94. The maximum atomic E-state index is 11.3. The molecule has 0 aromatic heterocycles. The third-order valence-corrected chi connectivity index (χ3v) is 3.14. The van der Waals surface area contributed by atoms with E-state index in [1.807, 2.05) is 0 Å². The molecule has 0 amide bonds. The molecule has 1 aromatic carbocycles. The van der Waals surface area contributed by atoms with Crippen molar-refractivity contribution in [1.82, 2.24) is 0 Å². The first-order valence-electron chi connectivity index (χ1n) is 4.35. The van der Waals surface area contributed by atoms with E-state index in [0.29, 0.717) is 0 Å². The second-order valence-electron chi connectivity index (χ2n) is 2.91. The minimum absolute atomic E-state index is 0.104. The van der Waals surface area contributed by atoms with Crippen LogP contribution < -0.4 is 5.14 Å². The molecule has 1 aromatic rings. The average molecular weight is 264 g/mol. The molecule has 88 valence electrons. The monoisotopic (exact) mass is 263 g/mol. The number of nitrogens with two attached hydrogens (primary N) is 1. The van der Waals surface area contributed by atoms with Gasteiger partial charge in [-0.15, -0.1) is 0 Å². The Bertz CT molecular complexity index is 512. The zero-order valence-electron chi connectivity index (χ0n) is 8.44. The highest BCUT2D eigenvalue weighted by atomic mass is 35.5.